The van der Waals surface area contributed by atoms with Crippen LogP contribution in [-0.2, 0) is 6.42 Å². The molecule has 1 atom stereocenters. The summed E-state index contributed by atoms with van der Waals surface area (Å²) < 4.78 is 13.9. The quantitative estimate of drug-likeness (QED) is 0.870. The van der Waals surface area contributed by atoms with Gasteiger partial charge in [0, 0.05) is 24.3 Å². The molecule has 2 N–H and O–H groups in total. The Morgan fingerprint density at radius 3 is 3.00 bits per heavy atom. The number of benzene rings is 1. The predicted molar refractivity (Wildman–Crippen MR) is 74.4 cm³/mol. The van der Waals surface area contributed by atoms with Crippen molar-refractivity contribution >= 4 is 5.69 Å². The maximum atomic E-state index is 13.9. The van der Waals surface area contributed by atoms with E-state index in [2.05, 4.69) is 11.8 Å². The number of hydrogen-bond donors (Lipinski definition) is 1. The van der Waals surface area contributed by atoms with Crippen LogP contribution in [0.5, 0.6) is 0 Å². The lowest BCUT2D eigenvalue weighted by Gasteiger charge is -2.22. The molecule has 0 aromatic heterocycles. The SMILES string of the molecule is CCCC1CCN(c2cccc(F)c2CCN)C1. The number of nitrogens with zero attached hydrogens (tertiary/aromatic N) is 1. The summed E-state index contributed by atoms with van der Waals surface area (Å²) in [5.74, 6) is 0.654. The third-order valence-electron chi connectivity index (χ3n) is 3.81. The number of halogens is 1. The Kier molecular flexibility index (Phi) is 4.59. The number of nitrogens with two attached hydrogens (primary N) is 1. The van der Waals surface area contributed by atoms with E-state index < -0.39 is 0 Å². The van der Waals surface area contributed by atoms with Gasteiger partial charge in [0.05, 0.1) is 0 Å². The van der Waals surface area contributed by atoms with Gasteiger partial charge < -0.3 is 10.6 Å². The molecule has 2 nitrogen and oxygen atoms in total. The van der Waals surface area contributed by atoms with Gasteiger partial charge >= 0.3 is 0 Å². The lowest BCUT2D eigenvalue weighted by molar-refractivity contribution is 0.529. The first-order valence-electron chi connectivity index (χ1n) is 6.98. The molecule has 1 aliphatic heterocycles. The molecule has 0 spiro atoms. The lowest BCUT2D eigenvalue weighted by Crippen LogP contribution is -2.22. The van der Waals surface area contributed by atoms with Crippen LogP contribution in [0.1, 0.15) is 31.7 Å². The normalized spacial score (nSPS) is 19.5. The number of anilines is 1. The molecule has 100 valence electrons. The third kappa shape index (κ3) is 2.83. The zero-order valence-corrected chi connectivity index (χ0v) is 11.2. The van der Waals surface area contributed by atoms with Crippen LogP contribution in [0.25, 0.3) is 0 Å². The Morgan fingerprint density at radius 2 is 2.28 bits per heavy atom. The van der Waals surface area contributed by atoms with Gasteiger partial charge in [-0.2, -0.15) is 0 Å². The second-order valence-electron chi connectivity index (χ2n) is 5.17. The number of rotatable bonds is 5. The average Bonchev–Trinajstić information content (AvgIpc) is 2.81. The molecular formula is C15H23FN2. The molecule has 1 heterocycles. The number of hydrogen-bond acceptors (Lipinski definition) is 2. The highest BCUT2D eigenvalue weighted by Gasteiger charge is 2.24. The first kappa shape index (κ1) is 13.3. The van der Waals surface area contributed by atoms with Gasteiger partial charge in [0.2, 0.25) is 0 Å². The van der Waals surface area contributed by atoms with Gasteiger partial charge in [-0.05, 0) is 43.9 Å². The zero-order chi connectivity index (χ0) is 13.0. The van der Waals surface area contributed by atoms with Crippen molar-refractivity contribution in [3.8, 4) is 0 Å². The van der Waals surface area contributed by atoms with Crippen LogP contribution < -0.4 is 10.6 Å². The van der Waals surface area contributed by atoms with Crippen LogP contribution in [0.2, 0.25) is 0 Å². The highest BCUT2D eigenvalue weighted by molar-refractivity contribution is 5.55. The minimum atomic E-state index is -0.114. The molecule has 1 aromatic rings. The Bertz CT molecular complexity index is 392. The van der Waals surface area contributed by atoms with E-state index in [1.807, 2.05) is 6.07 Å². The molecule has 0 saturated carbocycles. The zero-order valence-electron chi connectivity index (χ0n) is 11.2. The van der Waals surface area contributed by atoms with E-state index in [0.717, 1.165) is 30.3 Å². The summed E-state index contributed by atoms with van der Waals surface area (Å²) in [4.78, 5) is 2.33. The summed E-state index contributed by atoms with van der Waals surface area (Å²) >= 11 is 0. The van der Waals surface area contributed by atoms with Crippen LogP contribution in [0, 0.1) is 11.7 Å². The van der Waals surface area contributed by atoms with E-state index in [-0.39, 0.29) is 5.82 Å². The van der Waals surface area contributed by atoms with E-state index in [4.69, 9.17) is 5.73 Å². The van der Waals surface area contributed by atoms with Crippen molar-refractivity contribution in [2.45, 2.75) is 32.6 Å². The Morgan fingerprint density at radius 1 is 1.44 bits per heavy atom. The van der Waals surface area contributed by atoms with E-state index in [1.54, 1.807) is 6.07 Å². The topological polar surface area (TPSA) is 29.3 Å². The summed E-state index contributed by atoms with van der Waals surface area (Å²) in [6.45, 7) is 4.84. The van der Waals surface area contributed by atoms with Crippen molar-refractivity contribution in [2.24, 2.45) is 11.7 Å². The molecule has 1 aliphatic rings. The molecular weight excluding hydrogens is 227 g/mol. The van der Waals surface area contributed by atoms with Gasteiger partial charge in [-0.3, -0.25) is 0 Å². The second kappa shape index (κ2) is 6.19. The molecule has 2 rings (SSSR count). The Labute approximate surface area is 109 Å². The van der Waals surface area contributed by atoms with Crippen molar-refractivity contribution in [1.29, 1.82) is 0 Å². The smallest absolute Gasteiger partial charge is 0.128 e. The molecule has 1 fully saturated rings. The van der Waals surface area contributed by atoms with Crippen LogP contribution in [0.15, 0.2) is 18.2 Å². The van der Waals surface area contributed by atoms with E-state index in [1.165, 1.54) is 25.3 Å². The van der Waals surface area contributed by atoms with Crippen LogP contribution in [0.4, 0.5) is 10.1 Å². The average molecular weight is 250 g/mol. The van der Waals surface area contributed by atoms with Gasteiger partial charge in [0.1, 0.15) is 5.82 Å². The van der Waals surface area contributed by atoms with Crippen molar-refractivity contribution in [2.75, 3.05) is 24.5 Å². The van der Waals surface area contributed by atoms with Crippen LogP contribution >= 0.6 is 0 Å². The van der Waals surface area contributed by atoms with E-state index in [0.29, 0.717) is 13.0 Å². The van der Waals surface area contributed by atoms with Gasteiger partial charge in [0.15, 0.2) is 0 Å². The van der Waals surface area contributed by atoms with Gasteiger partial charge in [-0.1, -0.05) is 19.4 Å². The standard InChI is InChI=1S/C15H23FN2/c1-2-4-12-8-10-18(11-12)15-6-3-5-14(16)13(15)7-9-17/h3,5-6,12H,2,4,7-11,17H2,1H3. The highest BCUT2D eigenvalue weighted by Crippen LogP contribution is 2.30. The summed E-state index contributed by atoms with van der Waals surface area (Å²) in [5, 5.41) is 0. The summed E-state index contributed by atoms with van der Waals surface area (Å²) in [5.41, 5.74) is 7.43. The largest absolute Gasteiger partial charge is 0.371 e. The first-order chi connectivity index (χ1) is 8.76. The molecule has 1 aromatic carbocycles. The molecule has 0 radical (unpaired) electrons. The maximum absolute atomic E-state index is 13.9. The molecule has 0 amide bonds. The summed E-state index contributed by atoms with van der Waals surface area (Å²) in [7, 11) is 0. The molecule has 1 saturated heterocycles. The molecule has 0 bridgehead atoms. The second-order valence-corrected chi connectivity index (χ2v) is 5.17. The monoisotopic (exact) mass is 250 g/mol. The van der Waals surface area contributed by atoms with Crippen LogP contribution in [0.3, 0.4) is 0 Å². The van der Waals surface area contributed by atoms with E-state index >= 15 is 0 Å². The van der Waals surface area contributed by atoms with Crippen molar-refractivity contribution < 1.29 is 4.39 Å². The van der Waals surface area contributed by atoms with Gasteiger partial charge in [-0.25, -0.2) is 4.39 Å². The van der Waals surface area contributed by atoms with Crippen LogP contribution in [-0.4, -0.2) is 19.6 Å². The minimum Gasteiger partial charge on any atom is -0.371 e. The van der Waals surface area contributed by atoms with Crippen molar-refractivity contribution in [3.63, 3.8) is 0 Å². The maximum Gasteiger partial charge on any atom is 0.128 e. The van der Waals surface area contributed by atoms with Crippen molar-refractivity contribution in [3.05, 3.63) is 29.6 Å². The fourth-order valence-corrected chi connectivity index (χ4v) is 2.93. The first-order valence-corrected chi connectivity index (χ1v) is 6.98. The summed E-state index contributed by atoms with van der Waals surface area (Å²) in [6.07, 6.45) is 4.36. The molecule has 1 unspecified atom stereocenters. The highest BCUT2D eigenvalue weighted by atomic mass is 19.1. The van der Waals surface area contributed by atoms with Gasteiger partial charge in [-0.15, -0.1) is 0 Å². The predicted octanol–water partition coefficient (Wildman–Crippen LogP) is 2.95. The lowest BCUT2D eigenvalue weighted by atomic mass is 10.0. The third-order valence-corrected chi connectivity index (χ3v) is 3.81. The molecule has 3 heteroatoms. The van der Waals surface area contributed by atoms with Gasteiger partial charge in [0.25, 0.3) is 0 Å². The minimum absolute atomic E-state index is 0.114. The molecule has 18 heavy (non-hydrogen) atoms. The Hall–Kier alpha value is -1.09. The summed E-state index contributed by atoms with van der Waals surface area (Å²) in [6, 6.07) is 5.37. The Balaban J connectivity index is 2.16. The van der Waals surface area contributed by atoms with Crippen molar-refractivity contribution in [1.82, 2.24) is 0 Å². The fourth-order valence-electron chi connectivity index (χ4n) is 2.93. The van der Waals surface area contributed by atoms with E-state index in [9.17, 15) is 4.39 Å². The molecule has 0 aliphatic carbocycles. The fraction of sp³-hybridized carbons (Fsp3) is 0.600.